The smallest absolute Gasteiger partial charge is 0.308 e. The predicted molar refractivity (Wildman–Crippen MR) is 41.2 cm³/mol. The highest BCUT2D eigenvalue weighted by Crippen LogP contribution is 2.19. The lowest BCUT2D eigenvalue weighted by molar-refractivity contribution is -0.136. The summed E-state index contributed by atoms with van der Waals surface area (Å²) in [6, 6.07) is 0. The summed E-state index contributed by atoms with van der Waals surface area (Å²) >= 11 is 4.47. The monoisotopic (exact) mass is 221 g/mol. The minimum Gasteiger partial charge on any atom is -0.481 e. The molecule has 1 aromatic heterocycles. The van der Waals surface area contributed by atoms with Gasteiger partial charge in [0.05, 0.1) is 11.9 Å². The molecule has 1 heterocycles. The molecule has 10 heavy (non-hydrogen) atoms. The Morgan fingerprint density at radius 3 is 3.00 bits per heavy atom. The van der Waals surface area contributed by atoms with Crippen molar-refractivity contribution in [1.82, 2.24) is 4.98 Å². The van der Waals surface area contributed by atoms with E-state index in [2.05, 4.69) is 20.9 Å². The van der Waals surface area contributed by atoms with Crippen molar-refractivity contribution >= 4 is 33.2 Å². The van der Waals surface area contributed by atoms with E-state index in [9.17, 15) is 4.79 Å². The number of carboxylic acids is 1. The van der Waals surface area contributed by atoms with Gasteiger partial charge in [-0.05, 0) is 15.9 Å². The number of nitrogens with zero attached hydrogens (tertiary/aromatic N) is 1. The van der Waals surface area contributed by atoms with Gasteiger partial charge in [-0.2, -0.15) is 0 Å². The van der Waals surface area contributed by atoms with E-state index in [-0.39, 0.29) is 6.42 Å². The molecule has 0 unspecified atom stereocenters. The molecule has 0 saturated carbocycles. The van der Waals surface area contributed by atoms with Gasteiger partial charge in [0.2, 0.25) is 0 Å². The van der Waals surface area contributed by atoms with Crippen LogP contribution in [0.15, 0.2) is 10.1 Å². The van der Waals surface area contributed by atoms with Gasteiger partial charge in [0.1, 0.15) is 4.60 Å². The molecule has 1 aromatic rings. The first-order valence-corrected chi connectivity index (χ1v) is 4.17. The fourth-order valence-corrected chi connectivity index (χ4v) is 1.81. The number of carboxylic acid groups (broad SMARTS) is 1. The van der Waals surface area contributed by atoms with Gasteiger partial charge in [0, 0.05) is 4.88 Å². The second kappa shape index (κ2) is 3.12. The van der Waals surface area contributed by atoms with E-state index >= 15 is 0 Å². The fraction of sp³-hybridized carbons (Fsp3) is 0.200. The number of carbonyl (C=O) groups is 1. The Morgan fingerprint density at radius 1 is 1.90 bits per heavy atom. The van der Waals surface area contributed by atoms with Crippen molar-refractivity contribution in [3.8, 4) is 0 Å². The van der Waals surface area contributed by atoms with Crippen molar-refractivity contribution < 1.29 is 9.90 Å². The second-order valence-corrected chi connectivity index (χ2v) is 3.33. The molecule has 0 bridgehead atoms. The lowest BCUT2D eigenvalue weighted by Crippen LogP contribution is -1.98. The minimum atomic E-state index is -0.829. The SMILES string of the molecule is O=C(O)Cc1scnc1Br. The Morgan fingerprint density at radius 2 is 2.60 bits per heavy atom. The standard InChI is InChI=1S/C5H4BrNO2S/c6-5-3(1-4(8)9)10-2-7-5/h2H,1H2,(H,8,9). The molecule has 0 aromatic carbocycles. The van der Waals surface area contributed by atoms with E-state index in [4.69, 9.17) is 5.11 Å². The third kappa shape index (κ3) is 1.78. The summed E-state index contributed by atoms with van der Waals surface area (Å²) in [6.45, 7) is 0. The molecule has 54 valence electrons. The zero-order chi connectivity index (χ0) is 7.56. The summed E-state index contributed by atoms with van der Waals surface area (Å²) in [7, 11) is 0. The van der Waals surface area contributed by atoms with Crippen molar-refractivity contribution in [2.24, 2.45) is 0 Å². The average Bonchev–Trinajstić information content (AvgIpc) is 2.15. The van der Waals surface area contributed by atoms with Crippen LogP contribution >= 0.6 is 27.3 Å². The molecule has 3 nitrogen and oxygen atoms in total. The van der Waals surface area contributed by atoms with E-state index in [1.807, 2.05) is 0 Å². The van der Waals surface area contributed by atoms with Crippen LogP contribution in [0.2, 0.25) is 0 Å². The summed E-state index contributed by atoms with van der Waals surface area (Å²) < 4.78 is 0.639. The molecule has 0 aliphatic carbocycles. The highest BCUT2D eigenvalue weighted by molar-refractivity contribution is 9.10. The molecule has 0 atom stereocenters. The third-order valence-electron chi connectivity index (χ3n) is 0.903. The Labute approximate surface area is 69.8 Å². The third-order valence-corrected chi connectivity index (χ3v) is 2.68. The molecule has 0 spiro atoms. The molecule has 1 N–H and O–H groups in total. The number of hydrogen-bond acceptors (Lipinski definition) is 3. The molecule has 1 rings (SSSR count). The van der Waals surface area contributed by atoms with Crippen LogP contribution in [-0.2, 0) is 11.2 Å². The molecular formula is C5H4BrNO2S. The lowest BCUT2D eigenvalue weighted by Gasteiger charge is -1.88. The number of aliphatic carboxylic acids is 1. The van der Waals surface area contributed by atoms with Crippen LogP contribution in [-0.4, -0.2) is 16.1 Å². The molecule has 0 aliphatic rings. The Hall–Kier alpha value is -0.420. The zero-order valence-electron chi connectivity index (χ0n) is 4.87. The number of thiazole rings is 1. The fourth-order valence-electron chi connectivity index (χ4n) is 0.509. The summed E-state index contributed by atoms with van der Waals surface area (Å²) in [5.74, 6) is -0.829. The van der Waals surface area contributed by atoms with Gasteiger partial charge in [0.25, 0.3) is 0 Å². The Bertz CT molecular complexity index is 248. The van der Waals surface area contributed by atoms with Crippen LogP contribution in [0.4, 0.5) is 0 Å². The molecule has 0 amide bonds. The first-order valence-electron chi connectivity index (χ1n) is 2.50. The van der Waals surface area contributed by atoms with E-state index in [1.54, 1.807) is 5.51 Å². The van der Waals surface area contributed by atoms with Crippen molar-refractivity contribution in [3.05, 3.63) is 15.0 Å². The number of rotatable bonds is 2. The van der Waals surface area contributed by atoms with Gasteiger partial charge in [0.15, 0.2) is 0 Å². The first kappa shape index (κ1) is 7.68. The molecule has 0 fully saturated rings. The maximum atomic E-state index is 10.2. The Balaban J connectivity index is 2.74. The van der Waals surface area contributed by atoms with Gasteiger partial charge in [-0.15, -0.1) is 11.3 Å². The summed E-state index contributed by atoms with van der Waals surface area (Å²) in [5.41, 5.74) is 1.61. The van der Waals surface area contributed by atoms with E-state index in [0.717, 1.165) is 4.88 Å². The molecule has 5 heteroatoms. The summed E-state index contributed by atoms with van der Waals surface area (Å²) in [4.78, 5) is 14.8. The highest BCUT2D eigenvalue weighted by atomic mass is 79.9. The maximum absolute atomic E-state index is 10.2. The molecule has 0 aliphatic heterocycles. The van der Waals surface area contributed by atoms with Crippen molar-refractivity contribution in [1.29, 1.82) is 0 Å². The predicted octanol–water partition coefficient (Wildman–Crippen LogP) is 1.53. The summed E-state index contributed by atoms with van der Waals surface area (Å²) in [6.07, 6.45) is 0.0469. The highest BCUT2D eigenvalue weighted by Gasteiger charge is 2.06. The van der Waals surface area contributed by atoms with E-state index in [0.29, 0.717) is 4.60 Å². The molecule has 0 saturated heterocycles. The van der Waals surface area contributed by atoms with Crippen LogP contribution in [0.25, 0.3) is 0 Å². The van der Waals surface area contributed by atoms with Crippen LogP contribution in [0.3, 0.4) is 0 Å². The molecule has 0 radical (unpaired) electrons. The summed E-state index contributed by atoms with van der Waals surface area (Å²) in [5, 5.41) is 8.37. The van der Waals surface area contributed by atoms with Crippen LogP contribution in [0, 0.1) is 0 Å². The quantitative estimate of drug-likeness (QED) is 0.825. The number of aromatic nitrogens is 1. The lowest BCUT2D eigenvalue weighted by atomic mass is 10.4. The van der Waals surface area contributed by atoms with Crippen molar-refractivity contribution in [3.63, 3.8) is 0 Å². The molecular weight excluding hydrogens is 218 g/mol. The van der Waals surface area contributed by atoms with Gasteiger partial charge in [-0.25, -0.2) is 4.98 Å². The van der Waals surface area contributed by atoms with Gasteiger partial charge >= 0.3 is 5.97 Å². The van der Waals surface area contributed by atoms with Gasteiger partial charge in [-0.3, -0.25) is 4.79 Å². The number of hydrogen-bond donors (Lipinski definition) is 1. The zero-order valence-corrected chi connectivity index (χ0v) is 7.28. The van der Waals surface area contributed by atoms with E-state index in [1.165, 1.54) is 11.3 Å². The topological polar surface area (TPSA) is 50.2 Å². The largest absolute Gasteiger partial charge is 0.481 e. The van der Waals surface area contributed by atoms with Crippen molar-refractivity contribution in [2.75, 3.05) is 0 Å². The van der Waals surface area contributed by atoms with Gasteiger partial charge in [-0.1, -0.05) is 0 Å². The van der Waals surface area contributed by atoms with Crippen LogP contribution in [0.1, 0.15) is 4.88 Å². The van der Waals surface area contributed by atoms with Crippen LogP contribution < -0.4 is 0 Å². The minimum absolute atomic E-state index is 0.0469. The van der Waals surface area contributed by atoms with Crippen LogP contribution in [0.5, 0.6) is 0 Å². The average molecular weight is 222 g/mol. The maximum Gasteiger partial charge on any atom is 0.308 e. The normalized spacial score (nSPS) is 9.70. The second-order valence-electron chi connectivity index (χ2n) is 1.64. The van der Waals surface area contributed by atoms with Crippen molar-refractivity contribution in [2.45, 2.75) is 6.42 Å². The Kier molecular flexibility index (Phi) is 2.39. The van der Waals surface area contributed by atoms with E-state index < -0.39 is 5.97 Å². The number of halogens is 1. The first-order chi connectivity index (χ1) is 4.70. The van der Waals surface area contributed by atoms with Gasteiger partial charge < -0.3 is 5.11 Å².